The van der Waals surface area contributed by atoms with Crippen LogP contribution in [0.25, 0.3) is 0 Å². The highest BCUT2D eigenvalue weighted by atomic mass is 16.5. The molecule has 0 saturated heterocycles. The van der Waals surface area contributed by atoms with E-state index in [1.807, 2.05) is 12.1 Å². The minimum absolute atomic E-state index is 0.347. The Labute approximate surface area is 111 Å². The number of nitrogens with one attached hydrogen (secondary N) is 1. The smallest absolute Gasteiger partial charge is 0.118 e. The van der Waals surface area contributed by atoms with Crippen LogP contribution in [-0.2, 0) is 6.42 Å². The Morgan fingerprint density at radius 3 is 2.44 bits per heavy atom. The summed E-state index contributed by atoms with van der Waals surface area (Å²) < 4.78 is 5.16. The molecule has 3 heteroatoms. The van der Waals surface area contributed by atoms with Gasteiger partial charge in [0.1, 0.15) is 5.75 Å². The molecule has 0 aliphatic heterocycles. The van der Waals surface area contributed by atoms with Crippen molar-refractivity contribution in [2.24, 2.45) is 11.8 Å². The maximum absolute atomic E-state index is 5.65. The number of hydrazine groups is 1. The average Bonchev–Trinajstić information content (AvgIpc) is 2.39. The Morgan fingerprint density at radius 2 is 1.94 bits per heavy atom. The first-order chi connectivity index (χ1) is 8.69. The Bertz CT molecular complexity index is 324. The first-order valence-corrected chi connectivity index (χ1v) is 6.78. The molecule has 0 aliphatic rings. The van der Waals surface area contributed by atoms with E-state index in [0.29, 0.717) is 12.0 Å². The SMILES string of the molecule is CCCC(C)CC(Cc1ccc(OC)cc1)NN. The number of hydrogen-bond acceptors (Lipinski definition) is 3. The second-order valence-corrected chi connectivity index (χ2v) is 5.05. The minimum atomic E-state index is 0.347. The molecule has 3 N–H and O–H groups in total. The molecule has 0 saturated carbocycles. The summed E-state index contributed by atoms with van der Waals surface area (Å²) in [5, 5.41) is 0. The van der Waals surface area contributed by atoms with Gasteiger partial charge in [-0.2, -0.15) is 0 Å². The van der Waals surface area contributed by atoms with Gasteiger partial charge in [-0.3, -0.25) is 11.3 Å². The Balaban J connectivity index is 2.50. The maximum atomic E-state index is 5.65. The Hall–Kier alpha value is -1.06. The van der Waals surface area contributed by atoms with Crippen molar-refractivity contribution in [3.8, 4) is 5.75 Å². The third kappa shape index (κ3) is 5.07. The van der Waals surface area contributed by atoms with Crippen LogP contribution in [0.5, 0.6) is 5.75 Å². The molecular formula is C15H26N2O. The summed E-state index contributed by atoms with van der Waals surface area (Å²) in [6, 6.07) is 8.55. The van der Waals surface area contributed by atoms with Gasteiger partial charge in [0.05, 0.1) is 7.11 Å². The van der Waals surface area contributed by atoms with Crippen molar-refractivity contribution < 1.29 is 4.74 Å². The molecule has 1 rings (SSSR count). The van der Waals surface area contributed by atoms with Crippen molar-refractivity contribution in [1.82, 2.24) is 5.43 Å². The molecule has 3 nitrogen and oxygen atoms in total. The quantitative estimate of drug-likeness (QED) is 0.551. The molecular weight excluding hydrogens is 224 g/mol. The van der Waals surface area contributed by atoms with Gasteiger partial charge in [0.15, 0.2) is 0 Å². The standard InChI is InChI=1S/C15H26N2O/c1-4-5-12(2)10-14(17-16)11-13-6-8-15(18-3)9-7-13/h6-9,12,14,17H,4-5,10-11,16H2,1-3H3. The summed E-state index contributed by atoms with van der Waals surface area (Å²) in [4.78, 5) is 0. The lowest BCUT2D eigenvalue weighted by Crippen LogP contribution is -2.38. The molecule has 0 aromatic heterocycles. The van der Waals surface area contributed by atoms with Gasteiger partial charge in [0.2, 0.25) is 0 Å². The first kappa shape index (κ1) is 15.0. The first-order valence-electron chi connectivity index (χ1n) is 6.78. The zero-order valence-corrected chi connectivity index (χ0v) is 11.8. The van der Waals surface area contributed by atoms with Crippen LogP contribution >= 0.6 is 0 Å². The maximum Gasteiger partial charge on any atom is 0.118 e. The fourth-order valence-electron chi connectivity index (χ4n) is 2.35. The van der Waals surface area contributed by atoms with Crippen molar-refractivity contribution in [3.63, 3.8) is 0 Å². The fraction of sp³-hybridized carbons (Fsp3) is 0.600. The number of hydrogen-bond donors (Lipinski definition) is 2. The van der Waals surface area contributed by atoms with E-state index in [1.165, 1.54) is 18.4 Å². The molecule has 1 aromatic carbocycles. The number of benzene rings is 1. The van der Waals surface area contributed by atoms with Crippen LogP contribution in [0.1, 0.15) is 38.7 Å². The molecule has 1 aromatic rings. The van der Waals surface area contributed by atoms with Crippen molar-refractivity contribution in [3.05, 3.63) is 29.8 Å². The number of ether oxygens (including phenoxy) is 1. The van der Waals surface area contributed by atoms with E-state index in [-0.39, 0.29) is 0 Å². The third-order valence-electron chi connectivity index (χ3n) is 3.35. The van der Waals surface area contributed by atoms with Crippen LogP contribution in [0, 0.1) is 5.92 Å². The van der Waals surface area contributed by atoms with E-state index in [9.17, 15) is 0 Å². The molecule has 0 spiro atoms. The van der Waals surface area contributed by atoms with Crippen LogP contribution in [0.15, 0.2) is 24.3 Å². The average molecular weight is 250 g/mol. The number of nitrogens with two attached hydrogens (primary N) is 1. The summed E-state index contributed by atoms with van der Waals surface area (Å²) in [6.45, 7) is 4.52. The zero-order chi connectivity index (χ0) is 13.4. The zero-order valence-electron chi connectivity index (χ0n) is 11.8. The van der Waals surface area contributed by atoms with E-state index >= 15 is 0 Å². The highest BCUT2D eigenvalue weighted by Gasteiger charge is 2.12. The van der Waals surface area contributed by atoms with Gasteiger partial charge in [0, 0.05) is 6.04 Å². The molecule has 0 fully saturated rings. The molecule has 0 aliphatic carbocycles. The molecule has 18 heavy (non-hydrogen) atoms. The molecule has 0 amide bonds. The van der Waals surface area contributed by atoms with Crippen molar-refractivity contribution >= 4 is 0 Å². The lowest BCUT2D eigenvalue weighted by Gasteiger charge is -2.20. The predicted molar refractivity (Wildman–Crippen MR) is 76.5 cm³/mol. The summed E-state index contributed by atoms with van der Waals surface area (Å²) in [7, 11) is 1.69. The molecule has 0 radical (unpaired) electrons. The second kappa shape index (κ2) is 8.11. The molecule has 0 bridgehead atoms. The summed E-state index contributed by atoms with van der Waals surface area (Å²) >= 11 is 0. The van der Waals surface area contributed by atoms with Crippen LogP contribution in [0.4, 0.5) is 0 Å². The predicted octanol–water partition coefficient (Wildman–Crippen LogP) is 2.90. The van der Waals surface area contributed by atoms with Crippen molar-refractivity contribution in [1.29, 1.82) is 0 Å². The van der Waals surface area contributed by atoms with Gasteiger partial charge >= 0.3 is 0 Å². The molecule has 0 heterocycles. The van der Waals surface area contributed by atoms with Gasteiger partial charge in [0.25, 0.3) is 0 Å². The largest absolute Gasteiger partial charge is 0.497 e. The minimum Gasteiger partial charge on any atom is -0.497 e. The highest BCUT2D eigenvalue weighted by Crippen LogP contribution is 2.17. The second-order valence-electron chi connectivity index (χ2n) is 5.05. The fourth-order valence-corrected chi connectivity index (χ4v) is 2.35. The van der Waals surface area contributed by atoms with Crippen LogP contribution < -0.4 is 16.0 Å². The number of rotatable bonds is 8. The summed E-state index contributed by atoms with van der Waals surface area (Å²) in [6.07, 6.45) is 4.59. The van der Waals surface area contributed by atoms with Crippen molar-refractivity contribution in [2.75, 3.05) is 7.11 Å². The monoisotopic (exact) mass is 250 g/mol. The normalized spacial score (nSPS) is 14.2. The Kier molecular flexibility index (Phi) is 6.76. The van der Waals surface area contributed by atoms with Gasteiger partial charge in [-0.15, -0.1) is 0 Å². The number of methoxy groups -OCH3 is 1. The van der Waals surface area contributed by atoms with Gasteiger partial charge in [-0.1, -0.05) is 38.8 Å². The third-order valence-corrected chi connectivity index (χ3v) is 3.35. The van der Waals surface area contributed by atoms with Gasteiger partial charge in [-0.05, 0) is 36.5 Å². The lowest BCUT2D eigenvalue weighted by molar-refractivity contribution is 0.384. The van der Waals surface area contributed by atoms with Crippen LogP contribution in [0.3, 0.4) is 0 Å². The molecule has 102 valence electrons. The molecule has 2 unspecified atom stereocenters. The Morgan fingerprint density at radius 1 is 1.28 bits per heavy atom. The van der Waals surface area contributed by atoms with E-state index in [2.05, 4.69) is 31.4 Å². The summed E-state index contributed by atoms with van der Waals surface area (Å²) in [5.74, 6) is 7.26. The molecule has 2 atom stereocenters. The van der Waals surface area contributed by atoms with E-state index in [0.717, 1.165) is 18.6 Å². The highest BCUT2D eigenvalue weighted by molar-refractivity contribution is 5.27. The van der Waals surface area contributed by atoms with Gasteiger partial charge in [-0.25, -0.2) is 0 Å². The summed E-state index contributed by atoms with van der Waals surface area (Å²) in [5.41, 5.74) is 4.23. The van der Waals surface area contributed by atoms with Gasteiger partial charge < -0.3 is 4.74 Å². The topological polar surface area (TPSA) is 47.3 Å². The van der Waals surface area contributed by atoms with Crippen LogP contribution in [-0.4, -0.2) is 13.2 Å². The van der Waals surface area contributed by atoms with Crippen LogP contribution in [0.2, 0.25) is 0 Å². The van der Waals surface area contributed by atoms with E-state index < -0.39 is 0 Å². The van der Waals surface area contributed by atoms with E-state index in [4.69, 9.17) is 10.6 Å². The lowest BCUT2D eigenvalue weighted by atomic mass is 9.94. The van der Waals surface area contributed by atoms with Crippen molar-refractivity contribution in [2.45, 2.75) is 45.6 Å². The van der Waals surface area contributed by atoms with E-state index in [1.54, 1.807) is 7.11 Å².